The Morgan fingerprint density at radius 2 is 2.22 bits per heavy atom. The zero-order chi connectivity index (χ0) is 13.7. The summed E-state index contributed by atoms with van der Waals surface area (Å²) in [6, 6.07) is 2.92. The van der Waals surface area contributed by atoms with Gasteiger partial charge >= 0.3 is 6.03 Å². The normalized spacial score (nSPS) is 11.8. The van der Waals surface area contributed by atoms with Crippen LogP contribution < -0.4 is 15.4 Å². The van der Waals surface area contributed by atoms with Gasteiger partial charge in [-0.05, 0) is 31.5 Å². The van der Waals surface area contributed by atoms with Crippen LogP contribution >= 0.6 is 15.9 Å². The van der Waals surface area contributed by atoms with E-state index in [1.54, 1.807) is 20.1 Å². The van der Waals surface area contributed by atoms with Gasteiger partial charge < -0.3 is 20.5 Å². The summed E-state index contributed by atoms with van der Waals surface area (Å²) < 4.78 is 6.08. The summed E-state index contributed by atoms with van der Waals surface area (Å²) in [5.41, 5.74) is 1.58. The maximum Gasteiger partial charge on any atom is 0.319 e. The molecule has 18 heavy (non-hydrogen) atoms. The van der Waals surface area contributed by atoms with Crippen molar-refractivity contribution in [1.29, 1.82) is 0 Å². The predicted molar refractivity (Wildman–Crippen MR) is 74.1 cm³/mol. The number of urea groups is 1. The van der Waals surface area contributed by atoms with Gasteiger partial charge in [0.25, 0.3) is 0 Å². The minimum absolute atomic E-state index is 0.109. The zero-order valence-corrected chi connectivity index (χ0v) is 12.2. The Morgan fingerprint density at radius 1 is 1.56 bits per heavy atom. The van der Waals surface area contributed by atoms with Crippen LogP contribution in [0.15, 0.2) is 16.6 Å². The third-order valence-electron chi connectivity index (χ3n) is 2.38. The van der Waals surface area contributed by atoms with E-state index < -0.39 is 0 Å². The van der Waals surface area contributed by atoms with Gasteiger partial charge in [-0.25, -0.2) is 4.79 Å². The maximum absolute atomic E-state index is 11.6. The van der Waals surface area contributed by atoms with Crippen LogP contribution in [0.5, 0.6) is 5.75 Å². The van der Waals surface area contributed by atoms with Gasteiger partial charge in [0.2, 0.25) is 0 Å². The molecule has 0 radical (unpaired) electrons. The number of aryl methyl sites for hydroxylation is 1. The van der Waals surface area contributed by atoms with Crippen LogP contribution in [-0.2, 0) is 0 Å². The van der Waals surface area contributed by atoms with Crippen LogP contribution in [-0.4, -0.2) is 30.9 Å². The number of amides is 2. The highest BCUT2D eigenvalue weighted by atomic mass is 79.9. The fourth-order valence-electron chi connectivity index (χ4n) is 1.35. The first-order valence-corrected chi connectivity index (χ1v) is 6.29. The number of hydrogen-bond acceptors (Lipinski definition) is 3. The Balaban J connectivity index is 2.83. The summed E-state index contributed by atoms with van der Waals surface area (Å²) in [6.07, 6.45) is 0. The van der Waals surface area contributed by atoms with E-state index in [0.29, 0.717) is 11.4 Å². The van der Waals surface area contributed by atoms with Gasteiger partial charge in [-0.15, -0.1) is 0 Å². The minimum Gasteiger partial charge on any atom is -0.495 e. The van der Waals surface area contributed by atoms with Crippen LogP contribution in [0, 0.1) is 6.92 Å². The summed E-state index contributed by atoms with van der Waals surface area (Å²) in [4.78, 5) is 11.6. The number of aliphatic hydroxyl groups excluding tert-OH is 1. The molecule has 1 atom stereocenters. The number of benzene rings is 1. The van der Waals surface area contributed by atoms with Crippen LogP contribution in [0.4, 0.5) is 10.5 Å². The Labute approximate surface area is 115 Å². The average molecular weight is 317 g/mol. The third kappa shape index (κ3) is 3.89. The monoisotopic (exact) mass is 316 g/mol. The summed E-state index contributed by atoms with van der Waals surface area (Å²) >= 11 is 3.40. The van der Waals surface area contributed by atoms with Gasteiger partial charge in [-0.1, -0.05) is 15.9 Å². The van der Waals surface area contributed by atoms with E-state index in [9.17, 15) is 4.79 Å². The highest BCUT2D eigenvalue weighted by Crippen LogP contribution is 2.30. The van der Waals surface area contributed by atoms with Crippen LogP contribution in [0.3, 0.4) is 0 Å². The van der Waals surface area contributed by atoms with Crippen LogP contribution in [0.25, 0.3) is 0 Å². The first kappa shape index (κ1) is 14.8. The van der Waals surface area contributed by atoms with Crippen molar-refractivity contribution in [3.63, 3.8) is 0 Å². The molecule has 0 aromatic heterocycles. The molecule has 0 aliphatic rings. The molecular weight excluding hydrogens is 300 g/mol. The molecule has 0 bridgehead atoms. The van der Waals surface area contributed by atoms with E-state index in [-0.39, 0.29) is 18.7 Å². The molecule has 1 rings (SSSR count). The van der Waals surface area contributed by atoms with Gasteiger partial charge in [0.15, 0.2) is 0 Å². The lowest BCUT2D eigenvalue weighted by molar-refractivity contribution is 0.229. The lowest BCUT2D eigenvalue weighted by atomic mass is 10.2. The Hall–Kier alpha value is -1.27. The lowest BCUT2D eigenvalue weighted by Crippen LogP contribution is -2.38. The van der Waals surface area contributed by atoms with Crippen molar-refractivity contribution in [2.75, 3.05) is 19.0 Å². The second-order valence-corrected chi connectivity index (χ2v) is 4.84. The molecule has 100 valence electrons. The Bertz CT molecular complexity index is 438. The van der Waals surface area contributed by atoms with Crippen molar-refractivity contribution >= 4 is 27.6 Å². The number of methoxy groups -OCH3 is 1. The maximum atomic E-state index is 11.6. The standard InChI is InChI=1S/C12H17BrN2O3/c1-7-4-11(18-3)10(5-9(7)13)15-12(17)14-8(2)6-16/h4-5,8,16H,6H2,1-3H3,(H2,14,15,17). The number of nitrogens with one attached hydrogen (secondary N) is 2. The molecule has 2 amide bonds. The highest BCUT2D eigenvalue weighted by molar-refractivity contribution is 9.10. The fraction of sp³-hybridized carbons (Fsp3) is 0.417. The van der Waals surface area contributed by atoms with Crippen molar-refractivity contribution in [1.82, 2.24) is 5.32 Å². The molecule has 1 unspecified atom stereocenters. The third-order valence-corrected chi connectivity index (χ3v) is 3.23. The Morgan fingerprint density at radius 3 is 2.78 bits per heavy atom. The van der Waals surface area contributed by atoms with E-state index in [2.05, 4.69) is 26.6 Å². The van der Waals surface area contributed by atoms with E-state index in [1.807, 2.05) is 13.0 Å². The molecule has 1 aromatic rings. The van der Waals surface area contributed by atoms with Gasteiger partial charge in [0, 0.05) is 4.47 Å². The lowest BCUT2D eigenvalue weighted by Gasteiger charge is -2.15. The van der Waals surface area contributed by atoms with E-state index in [0.717, 1.165) is 10.0 Å². The molecule has 0 spiro atoms. The number of hydrogen-bond donors (Lipinski definition) is 3. The van der Waals surface area contributed by atoms with Crippen LogP contribution in [0.2, 0.25) is 0 Å². The Kier molecular flexibility index (Phi) is 5.43. The first-order chi connectivity index (χ1) is 8.47. The number of carbonyl (C=O) groups is 1. The number of aliphatic hydroxyl groups is 1. The largest absolute Gasteiger partial charge is 0.495 e. The molecule has 3 N–H and O–H groups in total. The zero-order valence-electron chi connectivity index (χ0n) is 10.6. The number of anilines is 1. The molecule has 0 fully saturated rings. The van der Waals surface area contributed by atoms with Crippen molar-refractivity contribution < 1.29 is 14.6 Å². The minimum atomic E-state index is -0.384. The molecule has 0 heterocycles. The number of halogens is 1. The van der Waals surface area contributed by atoms with Gasteiger partial charge in [-0.2, -0.15) is 0 Å². The molecular formula is C12H17BrN2O3. The van der Waals surface area contributed by atoms with Crippen molar-refractivity contribution in [2.45, 2.75) is 19.9 Å². The van der Waals surface area contributed by atoms with E-state index >= 15 is 0 Å². The van der Waals surface area contributed by atoms with E-state index in [4.69, 9.17) is 9.84 Å². The quantitative estimate of drug-likeness (QED) is 0.798. The number of carbonyl (C=O) groups excluding carboxylic acids is 1. The fourth-order valence-corrected chi connectivity index (χ4v) is 1.69. The molecule has 0 saturated carbocycles. The highest BCUT2D eigenvalue weighted by Gasteiger charge is 2.11. The molecule has 6 heteroatoms. The number of rotatable bonds is 4. The average Bonchev–Trinajstić information content (AvgIpc) is 2.33. The molecule has 0 saturated heterocycles. The SMILES string of the molecule is COc1cc(C)c(Br)cc1NC(=O)NC(C)CO. The van der Waals surface area contributed by atoms with Gasteiger partial charge in [0.05, 0.1) is 25.4 Å². The first-order valence-electron chi connectivity index (χ1n) is 5.50. The van der Waals surface area contributed by atoms with Crippen molar-refractivity contribution in [3.8, 4) is 5.75 Å². The van der Waals surface area contributed by atoms with Gasteiger partial charge in [-0.3, -0.25) is 0 Å². The summed E-state index contributed by atoms with van der Waals surface area (Å²) in [6.45, 7) is 3.54. The van der Waals surface area contributed by atoms with Crippen molar-refractivity contribution in [3.05, 3.63) is 22.2 Å². The second kappa shape index (κ2) is 6.61. The summed E-state index contributed by atoms with van der Waals surface area (Å²) in [7, 11) is 1.54. The molecule has 1 aromatic carbocycles. The topological polar surface area (TPSA) is 70.6 Å². The predicted octanol–water partition coefficient (Wildman–Crippen LogP) is 2.27. The van der Waals surface area contributed by atoms with Crippen molar-refractivity contribution in [2.24, 2.45) is 0 Å². The summed E-state index contributed by atoms with van der Waals surface area (Å²) in [5.74, 6) is 0.586. The molecule has 5 nitrogen and oxygen atoms in total. The smallest absolute Gasteiger partial charge is 0.319 e. The van der Waals surface area contributed by atoms with E-state index in [1.165, 1.54) is 0 Å². The van der Waals surface area contributed by atoms with Crippen LogP contribution in [0.1, 0.15) is 12.5 Å². The number of ether oxygens (including phenoxy) is 1. The molecule has 0 aliphatic carbocycles. The molecule has 0 aliphatic heterocycles. The summed E-state index contributed by atoms with van der Waals surface area (Å²) in [5, 5.41) is 14.1. The second-order valence-electron chi connectivity index (χ2n) is 3.98. The van der Waals surface area contributed by atoms with Gasteiger partial charge in [0.1, 0.15) is 5.75 Å².